The van der Waals surface area contributed by atoms with Gasteiger partial charge in [0.2, 0.25) is 0 Å². The summed E-state index contributed by atoms with van der Waals surface area (Å²) in [5, 5.41) is 0. The number of carbonyl (C=O) groups excluding carboxylic acids is 1. The number of aryl methyl sites for hydroxylation is 1. The van der Waals surface area contributed by atoms with E-state index in [2.05, 4.69) is 4.98 Å². The van der Waals surface area contributed by atoms with E-state index >= 15 is 0 Å². The van der Waals surface area contributed by atoms with E-state index in [1.54, 1.807) is 18.2 Å². The molecule has 9 heteroatoms. The molecule has 140 valence electrons. The summed E-state index contributed by atoms with van der Waals surface area (Å²) < 4.78 is 14.9. The molecule has 4 rings (SSSR count). The quantitative estimate of drug-likeness (QED) is 0.622. The Morgan fingerprint density at radius 2 is 1.85 bits per heavy atom. The lowest BCUT2D eigenvalue weighted by molar-refractivity contribution is 0.0973. The summed E-state index contributed by atoms with van der Waals surface area (Å²) in [5.74, 6) is 0.939. The van der Waals surface area contributed by atoms with Gasteiger partial charge < -0.3 is 14.0 Å². The van der Waals surface area contributed by atoms with E-state index in [0.29, 0.717) is 30.3 Å². The molecule has 1 aliphatic rings. The van der Waals surface area contributed by atoms with E-state index in [9.17, 15) is 14.4 Å². The third-order valence-electron chi connectivity index (χ3n) is 4.60. The Bertz CT molecular complexity index is 1170. The SMILES string of the molecule is Cn1c(=O)c2c(ncn2CC(=O)c2ccc3c(c2)OCCCO3)n(C)c1=O. The maximum atomic E-state index is 12.8. The molecular weight excluding hydrogens is 352 g/mol. The number of rotatable bonds is 3. The molecule has 3 heterocycles. The minimum absolute atomic E-state index is 0.0798. The molecule has 1 aromatic carbocycles. The number of aromatic nitrogens is 4. The van der Waals surface area contributed by atoms with Crippen LogP contribution in [0.1, 0.15) is 16.8 Å². The van der Waals surface area contributed by atoms with Crippen molar-refractivity contribution in [3.63, 3.8) is 0 Å². The molecule has 0 radical (unpaired) electrons. The van der Waals surface area contributed by atoms with Crippen LogP contribution in [0.3, 0.4) is 0 Å². The van der Waals surface area contributed by atoms with Crippen molar-refractivity contribution < 1.29 is 14.3 Å². The number of fused-ring (bicyclic) bond motifs is 2. The van der Waals surface area contributed by atoms with Gasteiger partial charge in [-0.1, -0.05) is 0 Å². The number of imidazole rings is 1. The summed E-state index contributed by atoms with van der Waals surface area (Å²) in [6.07, 6.45) is 2.17. The van der Waals surface area contributed by atoms with Crippen molar-refractivity contribution in [2.75, 3.05) is 13.2 Å². The van der Waals surface area contributed by atoms with E-state index < -0.39 is 11.2 Å². The molecule has 27 heavy (non-hydrogen) atoms. The van der Waals surface area contributed by atoms with Gasteiger partial charge in [0.25, 0.3) is 5.56 Å². The van der Waals surface area contributed by atoms with E-state index in [0.717, 1.165) is 11.0 Å². The van der Waals surface area contributed by atoms with Crippen molar-refractivity contribution in [3.8, 4) is 11.5 Å². The molecule has 0 unspecified atom stereocenters. The van der Waals surface area contributed by atoms with E-state index in [4.69, 9.17) is 9.47 Å². The van der Waals surface area contributed by atoms with Gasteiger partial charge in [-0.15, -0.1) is 0 Å². The Balaban J connectivity index is 1.71. The molecule has 0 N–H and O–H groups in total. The minimum Gasteiger partial charge on any atom is -0.490 e. The van der Waals surface area contributed by atoms with Gasteiger partial charge in [0.05, 0.1) is 26.1 Å². The number of nitrogens with zero attached hydrogens (tertiary/aromatic N) is 4. The van der Waals surface area contributed by atoms with Gasteiger partial charge in [0.15, 0.2) is 28.4 Å². The third-order valence-corrected chi connectivity index (χ3v) is 4.60. The molecule has 0 bridgehead atoms. The van der Waals surface area contributed by atoms with Crippen LogP contribution >= 0.6 is 0 Å². The first-order valence-electron chi connectivity index (χ1n) is 8.51. The zero-order valence-corrected chi connectivity index (χ0v) is 15.0. The molecule has 0 amide bonds. The molecule has 0 spiro atoms. The predicted molar refractivity (Wildman–Crippen MR) is 96.6 cm³/mol. The first kappa shape index (κ1) is 17.1. The van der Waals surface area contributed by atoms with E-state index in [1.165, 1.54) is 29.6 Å². The molecular formula is C18H18N4O5. The standard InChI is InChI=1S/C18H18N4O5/c1-20-16-15(17(24)21(2)18(20)25)22(10-19-16)9-12(23)11-4-5-13-14(8-11)27-7-3-6-26-13/h4-5,8,10H,3,6-7,9H2,1-2H3. The second-order valence-corrected chi connectivity index (χ2v) is 6.39. The van der Waals surface area contributed by atoms with Crippen LogP contribution in [0.5, 0.6) is 11.5 Å². The summed E-state index contributed by atoms with van der Waals surface area (Å²) in [4.78, 5) is 41.4. The van der Waals surface area contributed by atoms with Crippen molar-refractivity contribution in [2.24, 2.45) is 14.1 Å². The lowest BCUT2D eigenvalue weighted by Gasteiger charge is -2.10. The molecule has 0 fully saturated rings. The van der Waals surface area contributed by atoms with Crippen molar-refractivity contribution in [2.45, 2.75) is 13.0 Å². The fraction of sp³-hybridized carbons (Fsp3) is 0.333. The van der Waals surface area contributed by atoms with Crippen LogP contribution in [0.2, 0.25) is 0 Å². The minimum atomic E-state index is -0.489. The zero-order valence-electron chi connectivity index (χ0n) is 15.0. The number of hydrogen-bond acceptors (Lipinski definition) is 6. The number of ether oxygens (including phenoxy) is 2. The Morgan fingerprint density at radius 1 is 1.11 bits per heavy atom. The lowest BCUT2D eigenvalue weighted by atomic mass is 10.1. The maximum Gasteiger partial charge on any atom is 0.332 e. The van der Waals surface area contributed by atoms with Crippen LogP contribution in [0.4, 0.5) is 0 Å². The van der Waals surface area contributed by atoms with Crippen LogP contribution in [-0.4, -0.2) is 37.7 Å². The zero-order chi connectivity index (χ0) is 19.1. The van der Waals surface area contributed by atoms with Gasteiger partial charge in [0.1, 0.15) is 0 Å². The molecule has 0 saturated carbocycles. The molecule has 9 nitrogen and oxygen atoms in total. The second-order valence-electron chi connectivity index (χ2n) is 6.39. The second kappa shape index (κ2) is 6.42. The third kappa shape index (κ3) is 2.80. The molecule has 0 aliphatic carbocycles. The van der Waals surface area contributed by atoms with E-state index in [1.807, 2.05) is 0 Å². The summed E-state index contributed by atoms with van der Waals surface area (Å²) in [7, 11) is 2.93. The maximum absolute atomic E-state index is 12.8. The molecule has 2 aromatic heterocycles. The Hall–Kier alpha value is -3.36. The molecule has 1 aliphatic heterocycles. The highest BCUT2D eigenvalue weighted by atomic mass is 16.5. The molecule has 0 saturated heterocycles. The average Bonchev–Trinajstić information content (AvgIpc) is 2.93. The van der Waals surface area contributed by atoms with Crippen LogP contribution in [0.15, 0.2) is 34.1 Å². The summed E-state index contributed by atoms with van der Waals surface area (Å²) in [6.45, 7) is 1.02. The Labute approximate surface area is 153 Å². The van der Waals surface area contributed by atoms with Crippen molar-refractivity contribution in [1.82, 2.24) is 18.7 Å². The van der Waals surface area contributed by atoms with Crippen LogP contribution in [-0.2, 0) is 20.6 Å². The van der Waals surface area contributed by atoms with Crippen LogP contribution < -0.4 is 20.7 Å². The summed E-state index contributed by atoms with van der Waals surface area (Å²) in [6, 6.07) is 5.03. The fourth-order valence-corrected chi connectivity index (χ4v) is 3.10. The van der Waals surface area contributed by atoms with Gasteiger partial charge in [-0.25, -0.2) is 9.78 Å². The lowest BCUT2D eigenvalue weighted by Crippen LogP contribution is -2.37. The van der Waals surface area contributed by atoms with Gasteiger partial charge in [-0.2, -0.15) is 0 Å². The van der Waals surface area contributed by atoms with Gasteiger partial charge in [0, 0.05) is 26.1 Å². The number of benzene rings is 1. The molecule has 3 aromatic rings. The van der Waals surface area contributed by atoms with Crippen LogP contribution in [0.25, 0.3) is 11.2 Å². The van der Waals surface area contributed by atoms with Gasteiger partial charge in [-0.3, -0.25) is 18.7 Å². The number of carbonyl (C=O) groups is 1. The number of ketones is 1. The summed E-state index contributed by atoms with van der Waals surface area (Å²) >= 11 is 0. The fourth-order valence-electron chi connectivity index (χ4n) is 3.10. The van der Waals surface area contributed by atoms with Gasteiger partial charge >= 0.3 is 5.69 Å². The average molecular weight is 370 g/mol. The first-order valence-corrected chi connectivity index (χ1v) is 8.51. The Morgan fingerprint density at radius 3 is 2.63 bits per heavy atom. The van der Waals surface area contributed by atoms with Crippen molar-refractivity contribution >= 4 is 16.9 Å². The summed E-state index contributed by atoms with van der Waals surface area (Å²) in [5.41, 5.74) is -0.0522. The largest absolute Gasteiger partial charge is 0.490 e. The number of Topliss-reactive ketones (excluding diaryl/α,β-unsaturated/α-hetero) is 1. The smallest absolute Gasteiger partial charge is 0.332 e. The predicted octanol–water partition coefficient (Wildman–Crippen LogP) is 0.478. The van der Waals surface area contributed by atoms with E-state index in [-0.39, 0.29) is 23.5 Å². The topological polar surface area (TPSA) is 97.3 Å². The van der Waals surface area contributed by atoms with Gasteiger partial charge in [-0.05, 0) is 18.2 Å². The van der Waals surface area contributed by atoms with Crippen LogP contribution in [0, 0.1) is 0 Å². The normalized spacial score (nSPS) is 13.6. The highest BCUT2D eigenvalue weighted by Crippen LogP contribution is 2.30. The number of hydrogen-bond donors (Lipinski definition) is 0. The Kier molecular flexibility index (Phi) is 4.06. The van der Waals surface area contributed by atoms with Crippen molar-refractivity contribution in [3.05, 3.63) is 50.9 Å². The highest BCUT2D eigenvalue weighted by Gasteiger charge is 2.18. The monoisotopic (exact) mass is 370 g/mol. The highest BCUT2D eigenvalue weighted by molar-refractivity contribution is 5.97. The van der Waals surface area contributed by atoms with Crippen molar-refractivity contribution in [1.29, 1.82) is 0 Å². The first-order chi connectivity index (χ1) is 13.0. The molecule has 0 atom stereocenters.